The second-order valence-corrected chi connectivity index (χ2v) is 7.14. The summed E-state index contributed by atoms with van der Waals surface area (Å²) in [5, 5.41) is 1.01. The number of ether oxygens (including phenoxy) is 1. The fourth-order valence-corrected chi connectivity index (χ4v) is 4.32. The fraction of sp³-hybridized carbons (Fsp3) is 0.550. The van der Waals surface area contributed by atoms with Gasteiger partial charge >= 0.3 is 5.63 Å². The predicted molar refractivity (Wildman–Crippen MR) is 97.9 cm³/mol. The average molecular weight is 342 g/mol. The minimum absolute atomic E-state index is 0.287. The van der Waals surface area contributed by atoms with Crippen molar-refractivity contribution in [1.29, 1.82) is 0 Å². The molecule has 0 radical (unpaired) electrons. The highest BCUT2D eigenvalue weighted by Crippen LogP contribution is 2.28. The lowest BCUT2D eigenvalue weighted by atomic mass is 10.1. The third-order valence-electron chi connectivity index (χ3n) is 5.55. The summed E-state index contributed by atoms with van der Waals surface area (Å²) in [4.78, 5) is 17.2. The number of methoxy groups -OCH3 is 1. The van der Waals surface area contributed by atoms with E-state index in [-0.39, 0.29) is 5.63 Å². The first-order chi connectivity index (χ1) is 12.2. The van der Waals surface area contributed by atoms with E-state index in [4.69, 9.17) is 9.15 Å². The smallest absolute Gasteiger partial charge is 0.336 e. The summed E-state index contributed by atoms with van der Waals surface area (Å²) in [7, 11) is 1.62. The Morgan fingerprint density at radius 2 is 2.00 bits per heavy atom. The molecule has 4 rings (SSSR count). The van der Waals surface area contributed by atoms with Crippen LogP contribution in [0.3, 0.4) is 0 Å². The van der Waals surface area contributed by atoms with Gasteiger partial charge in [-0.1, -0.05) is 12.8 Å². The Morgan fingerprint density at radius 1 is 1.12 bits per heavy atom. The molecule has 2 fully saturated rings. The maximum absolute atomic E-state index is 12.0. The highest BCUT2D eigenvalue weighted by molar-refractivity contribution is 5.81. The van der Waals surface area contributed by atoms with Gasteiger partial charge in [-0.05, 0) is 43.5 Å². The zero-order valence-electron chi connectivity index (χ0n) is 14.9. The van der Waals surface area contributed by atoms with Crippen LogP contribution in [0.5, 0.6) is 5.75 Å². The normalized spacial score (nSPS) is 22.5. The molecule has 2 saturated heterocycles. The zero-order valence-corrected chi connectivity index (χ0v) is 14.9. The molecule has 25 heavy (non-hydrogen) atoms. The summed E-state index contributed by atoms with van der Waals surface area (Å²) in [6.45, 7) is 4.31. The maximum Gasteiger partial charge on any atom is 0.336 e. The average Bonchev–Trinajstić information content (AvgIpc) is 2.87. The van der Waals surface area contributed by atoms with E-state index in [9.17, 15) is 4.79 Å². The third kappa shape index (κ3) is 3.44. The summed E-state index contributed by atoms with van der Waals surface area (Å²) >= 11 is 0. The van der Waals surface area contributed by atoms with Crippen LogP contribution in [0.4, 0.5) is 0 Å². The molecule has 0 saturated carbocycles. The third-order valence-corrected chi connectivity index (χ3v) is 5.55. The van der Waals surface area contributed by atoms with E-state index in [0.29, 0.717) is 17.5 Å². The van der Waals surface area contributed by atoms with Crippen LogP contribution in [0.1, 0.15) is 37.7 Å². The van der Waals surface area contributed by atoms with Gasteiger partial charge in [0.15, 0.2) is 0 Å². The summed E-state index contributed by atoms with van der Waals surface area (Å²) in [5.41, 5.74) is 1.38. The maximum atomic E-state index is 12.0. The molecule has 0 aliphatic carbocycles. The van der Waals surface area contributed by atoms with Crippen molar-refractivity contribution in [2.24, 2.45) is 0 Å². The van der Waals surface area contributed by atoms with Gasteiger partial charge in [-0.15, -0.1) is 0 Å². The standard InChI is InChI=1S/C20H26N2O3/c1-24-16-7-8-17-15(12-20(23)25-18(17)13-16)14-22-11-5-10-21-9-4-2-3-6-19(21)22/h7-8,12-13,19H,2-6,9-11,14H2,1H3. The predicted octanol–water partition coefficient (Wildman–Crippen LogP) is 3.21. The van der Waals surface area contributed by atoms with Gasteiger partial charge in [0.1, 0.15) is 11.3 Å². The molecule has 134 valence electrons. The van der Waals surface area contributed by atoms with Crippen LogP contribution >= 0.6 is 0 Å². The van der Waals surface area contributed by atoms with E-state index in [1.807, 2.05) is 12.1 Å². The lowest BCUT2D eigenvalue weighted by molar-refractivity contribution is -0.000162. The van der Waals surface area contributed by atoms with Crippen molar-refractivity contribution in [3.63, 3.8) is 0 Å². The monoisotopic (exact) mass is 342 g/mol. The van der Waals surface area contributed by atoms with E-state index in [1.54, 1.807) is 19.2 Å². The van der Waals surface area contributed by atoms with Gasteiger partial charge in [0.05, 0.1) is 13.3 Å². The highest BCUT2D eigenvalue weighted by Gasteiger charge is 2.30. The topological polar surface area (TPSA) is 45.9 Å². The molecule has 2 aromatic rings. The Hall–Kier alpha value is -1.85. The van der Waals surface area contributed by atoms with Gasteiger partial charge < -0.3 is 9.15 Å². The molecule has 1 unspecified atom stereocenters. The molecule has 5 nitrogen and oxygen atoms in total. The van der Waals surface area contributed by atoms with Crippen molar-refractivity contribution in [3.8, 4) is 5.75 Å². The summed E-state index contributed by atoms with van der Waals surface area (Å²) < 4.78 is 10.7. The second kappa shape index (κ2) is 7.18. The highest BCUT2D eigenvalue weighted by atomic mass is 16.5. The molecule has 0 amide bonds. The number of benzene rings is 1. The Labute approximate surface area is 148 Å². The van der Waals surface area contributed by atoms with E-state index < -0.39 is 0 Å². The van der Waals surface area contributed by atoms with Crippen LogP contribution in [0.25, 0.3) is 11.0 Å². The van der Waals surface area contributed by atoms with Crippen LogP contribution in [0, 0.1) is 0 Å². The minimum Gasteiger partial charge on any atom is -0.497 e. The molecule has 1 aromatic heterocycles. The van der Waals surface area contributed by atoms with Gasteiger partial charge in [0.2, 0.25) is 0 Å². The quantitative estimate of drug-likeness (QED) is 0.802. The summed E-state index contributed by atoms with van der Waals surface area (Å²) in [5.74, 6) is 0.709. The first-order valence-electron chi connectivity index (χ1n) is 9.33. The lowest BCUT2D eigenvalue weighted by Crippen LogP contribution is -2.52. The van der Waals surface area contributed by atoms with Crippen molar-refractivity contribution in [2.75, 3.05) is 26.7 Å². The van der Waals surface area contributed by atoms with Crippen LogP contribution in [0.15, 0.2) is 33.5 Å². The van der Waals surface area contributed by atoms with Crippen LogP contribution in [-0.2, 0) is 6.54 Å². The largest absolute Gasteiger partial charge is 0.497 e. The molecule has 2 aliphatic rings. The Kier molecular flexibility index (Phi) is 4.77. The fourth-order valence-electron chi connectivity index (χ4n) is 4.32. The number of rotatable bonds is 3. The minimum atomic E-state index is -0.287. The molecule has 3 heterocycles. The van der Waals surface area contributed by atoms with Crippen molar-refractivity contribution in [2.45, 2.75) is 44.8 Å². The summed E-state index contributed by atoms with van der Waals surface area (Å²) in [6, 6.07) is 7.39. The van der Waals surface area contributed by atoms with E-state index >= 15 is 0 Å². The molecular weight excluding hydrogens is 316 g/mol. The van der Waals surface area contributed by atoms with Gasteiger partial charge in [-0.3, -0.25) is 9.80 Å². The lowest BCUT2D eigenvalue weighted by Gasteiger charge is -2.43. The van der Waals surface area contributed by atoms with Crippen molar-refractivity contribution < 1.29 is 9.15 Å². The summed E-state index contributed by atoms with van der Waals surface area (Å²) in [6.07, 6.45) is 6.88. The molecule has 1 atom stereocenters. The van der Waals surface area contributed by atoms with Gasteiger partial charge in [0, 0.05) is 37.2 Å². The first kappa shape index (κ1) is 16.6. The SMILES string of the molecule is COc1ccc2c(CN3CCCN4CCCCCC43)cc(=O)oc2c1. The van der Waals surface area contributed by atoms with Crippen LogP contribution in [-0.4, -0.2) is 42.7 Å². The van der Waals surface area contributed by atoms with Crippen molar-refractivity contribution in [3.05, 3.63) is 40.2 Å². The van der Waals surface area contributed by atoms with E-state index in [0.717, 1.165) is 24.0 Å². The van der Waals surface area contributed by atoms with E-state index in [1.165, 1.54) is 45.2 Å². The number of nitrogens with zero attached hydrogens (tertiary/aromatic N) is 2. The Morgan fingerprint density at radius 3 is 2.88 bits per heavy atom. The second-order valence-electron chi connectivity index (χ2n) is 7.14. The molecule has 1 aromatic carbocycles. The number of hydrogen-bond acceptors (Lipinski definition) is 5. The van der Waals surface area contributed by atoms with Crippen LogP contribution < -0.4 is 10.4 Å². The molecule has 0 spiro atoms. The molecular formula is C20H26N2O3. The zero-order chi connectivity index (χ0) is 17.2. The van der Waals surface area contributed by atoms with Gasteiger partial charge in [-0.2, -0.15) is 0 Å². The number of fused-ring (bicyclic) bond motifs is 2. The molecule has 2 aliphatic heterocycles. The van der Waals surface area contributed by atoms with Gasteiger partial charge in [0.25, 0.3) is 0 Å². The first-order valence-corrected chi connectivity index (χ1v) is 9.33. The van der Waals surface area contributed by atoms with Gasteiger partial charge in [-0.25, -0.2) is 4.79 Å². The Balaban J connectivity index is 1.66. The number of hydrogen-bond donors (Lipinski definition) is 0. The van der Waals surface area contributed by atoms with E-state index in [2.05, 4.69) is 9.80 Å². The Bertz CT molecular complexity index is 801. The van der Waals surface area contributed by atoms with Crippen molar-refractivity contribution >= 4 is 11.0 Å². The molecule has 5 heteroatoms. The van der Waals surface area contributed by atoms with Crippen molar-refractivity contribution in [1.82, 2.24) is 9.80 Å². The molecule has 0 N–H and O–H groups in total. The van der Waals surface area contributed by atoms with Crippen LogP contribution in [0.2, 0.25) is 0 Å². The molecule has 0 bridgehead atoms.